The first-order valence-electron chi connectivity index (χ1n) is 7.35. The van der Waals surface area contributed by atoms with Crippen LogP contribution in [0.2, 0.25) is 0 Å². The standard InChI is InChI=1S/C18H16F3NO/c1-10-7-8-13-14(9-16(23)22-17(13)11(10)2)12-5-3-4-6-15(12)18(19,20)21/h3-8,14H,9H2,1-2H3,(H,22,23)/t14-/m0/s1. The van der Waals surface area contributed by atoms with E-state index in [1.807, 2.05) is 26.0 Å². The molecule has 1 N–H and O–H groups in total. The molecule has 1 amide bonds. The van der Waals surface area contributed by atoms with Crippen molar-refractivity contribution in [3.63, 3.8) is 0 Å². The Morgan fingerprint density at radius 1 is 1.04 bits per heavy atom. The Kier molecular flexibility index (Phi) is 3.66. The third-order valence-corrected chi connectivity index (χ3v) is 4.44. The summed E-state index contributed by atoms with van der Waals surface area (Å²) in [5, 5.41) is 2.81. The average Bonchev–Trinajstić information content (AvgIpc) is 2.50. The van der Waals surface area contributed by atoms with Crippen LogP contribution in [0.25, 0.3) is 0 Å². The lowest BCUT2D eigenvalue weighted by Crippen LogP contribution is -2.26. The van der Waals surface area contributed by atoms with E-state index in [-0.39, 0.29) is 17.9 Å². The fourth-order valence-electron chi connectivity index (χ4n) is 3.12. The van der Waals surface area contributed by atoms with Crippen molar-refractivity contribution in [2.24, 2.45) is 0 Å². The summed E-state index contributed by atoms with van der Waals surface area (Å²) in [6.07, 6.45) is -4.42. The number of anilines is 1. The number of aryl methyl sites for hydroxylation is 1. The van der Waals surface area contributed by atoms with Crippen molar-refractivity contribution in [1.29, 1.82) is 0 Å². The lowest BCUT2D eigenvalue weighted by molar-refractivity contribution is -0.138. The molecule has 0 radical (unpaired) electrons. The third kappa shape index (κ3) is 2.71. The number of carbonyl (C=O) groups is 1. The van der Waals surface area contributed by atoms with E-state index >= 15 is 0 Å². The van der Waals surface area contributed by atoms with Gasteiger partial charge in [0.1, 0.15) is 0 Å². The fourth-order valence-corrected chi connectivity index (χ4v) is 3.12. The van der Waals surface area contributed by atoms with E-state index in [1.165, 1.54) is 12.1 Å². The Morgan fingerprint density at radius 3 is 2.43 bits per heavy atom. The summed E-state index contributed by atoms with van der Waals surface area (Å²) in [6.45, 7) is 3.78. The zero-order valence-corrected chi connectivity index (χ0v) is 12.8. The Morgan fingerprint density at radius 2 is 1.74 bits per heavy atom. The van der Waals surface area contributed by atoms with Crippen LogP contribution in [0, 0.1) is 13.8 Å². The number of rotatable bonds is 1. The lowest BCUT2D eigenvalue weighted by Gasteiger charge is -2.29. The minimum absolute atomic E-state index is 0.0165. The van der Waals surface area contributed by atoms with Gasteiger partial charge in [-0.2, -0.15) is 13.2 Å². The van der Waals surface area contributed by atoms with Crippen LogP contribution in [0.4, 0.5) is 18.9 Å². The first-order chi connectivity index (χ1) is 10.8. The van der Waals surface area contributed by atoms with Crippen LogP contribution in [0.15, 0.2) is 36.4 Å². The highest BCUT2D eigenvalue weighted by Crippen LogP contribution is 2.43. The van der Waals surface area contributed by atoms with Gasteiger partial charge in [0.2, 0.25) is 5.91 Å². The first-order valence-corrected chi connectivity index (χ1v) is 7.35. The Bertz CT molecular complexity index is 780. The number of hydrogen-bond acceptors (Lipinski definition) is 1. The number of nitrogens with one attached hydrogen (secondary N) is 1. The van der Waals surface area contributed by atoms with Crippen molar-refractivity contribution in [3.05, 3.63) is 64.2 Å². The Balaban J connectivity index is 2.21. The van der Waals surface area contributed by atoms with Crippen LogP contribution in [-0.4, -0.2) is 5.91 Å². The van der Waals surface area contributed by atoms with E-state index in [0.29, 0.717) is 5.69 Å². The maximum Gasteiger partial charge on any atom is 0.416 e. The number of hydrogen-bond donors (Lipinski definition) is 1. The molecule has 23 heavy (non-hydrogen) atoms. The molecule has 0 aliphatic carbocycles. The van der Waals surface area contributed by atoms with E-state index < -0.39 is 17.7 Å². The minimum Gasteiger partial charge on any atom is -0.326 e. The van der Waals surface area contributed by atoms with Crippen LogP contribution < -0.4 is 5.32 Å². The molecule has 0 spiro atoms. The van der Waals surface area contributed by atoms with E-state index in [2.05, 4.69) is 5.32 Å². The number of halogens is 3. The van der Waals surface area contributed by atoms with Gasteiger partial charge >= 0.3 is 6.18 Å². The molecule has 1 aliphatic rings. The molecule has 0 unspecified atom stereocenters. The molecular formula is C18H16F3NO. The maximum atomic E-state index is 13.3. The monoisotopic (exact) mass is 319 g/mol. The van der Waals surface area contributed by atoms with Crippen LogP contribution in [0.3, 0.4) is 0 Å². The molecule has 1 aliphatic heterocycles. The predicted molar refractivity (Wildman–Crippen MR) is 82.4 cm³/mol. The number of amides is 1. The van der Waals surface area contributed by atoms with Gasteiger partial charge in [-0.1, -0.05) is 30.3 Å². The lowest BCUT2D eigenvalue weighted by atomic mass is 9.81. The highest BCUT2D eigenvalue weighted by atomic mass is 19.4. The van der Waals surface area contributed by atoms with Crippen LogP contribution in [0.1, 0.15) is 40.2 Å². The topological polar surface area (TPSA) is 29.1 Å². The van der Waals surface area contributed by atoms with Crippen molar-refractivity contribution in [1.82, 2.24) is 0 Å². The number of alkyl halides is 3. The average molecular weight is 319 g/mol. The van der Waals surface area contributed by atoms with Gasteiger partial charge in [0.05, 0.1) is 5.56 Å². The van der Waals surface area contributed by atoms with Gasteiger partial charge in [0.15, 0.2) is 0 Å². The molecule has 0 bridgehead atoms. The van der Waals surface area contributed by atoms with Gasteiger partial charge in [-0.15, -0.1) is 0 Å². The molecule has 5 heteroatoms. The number of carbonyl (C=O) groups excluding carboxylic acids is 1. The maximum absolute atomic E-state index is 13.3. The smallest absolute Gasteiger partial charge is 0.326 e. The summed E-state index contributed by atoms with van der Waals surface area (Å²) >= 11 is 0. The van der Waals surface area contributed by atoms with Crippen LogP contribution in [0.5, 0.6) is 0 Å². The van der Waals surface area contributed by atoms with E-state index in [4.69, 9.17) is 0 Å². The molecule has 3 rings (SSSR count). The predicted octanol–water partition coefficient (Wildman–Crippen LogP) is 4.80. The quantitative estimate of drug-likeness (QED) is 0.804. The summed E-state index contributed by atoms with van der Waals surface area (Å²) in [5.74, 6) is -0.843. The molecule has 0 saturated carbocycles. The minimum atomic E-state index is -4.44. The molecule has 0 aromatic heterocycles. The van der Waals surface area contributed by atoms with Gasteiger partial charge in [-0.25, -0.2) is 0 Å². The molecule has 0 fully saturated rings. The normalized spacial score (nSPS) is 17.6. The van der Waals surface area contributed by atoms with E-state index in [9.17, 15) is 18.0 Å². The largest absolute Gasteiger partial charge is 0.416 e. The third-order valence-electron chi connectivity index (χ3n) is 4.44. The second-order valence-corrected chi connectivity index (χ2v) is 5.86. The summed E-state index contributed by atoms with van der Waals surface area (Å²) < 4.78 is 40.0. The first kappa shape index (κ1) is 15.6. The van der Waals surface area contributed by atoms with Gasteiger partial charge in [-0.05, 0) is 42.2 Å². The molecule has 120 valence electrons. The Hall–Kier alpha value is -2.30. The van der Waals surface area contributed by atoms with Gasteiger partial charge < -0.3 is 5.32 Å². The van der Waals surface area contributed by atoms with Gasteiger partial charge in [0.25, 0.3) is 0 Å². The molecule has 1 heterocycles. The summed E-state index contributed by atoms with van der Waals surface area (Å²) in [4.78, 5) is 12.0. The van der Waals surface area contributed by atoms with Crippen molar-refractivity contribution < 1.29 is 18.0 Å². The fraction of sp³-hybridized carbons (Fsp3) is 0.278. The second-order valence-electron chi connectivity index (χ2n) is 5.86. The highest BCUT2D eigenvalue weighted by molar-refractivity contribution is 5.96. The van der Waals surface area contributed by atoms with Crippen molar-refractivity contribution in [2.75, 3.05) is 5.32 Å². The Labute approximate surface area is 132 Å². The SMILES string of the molecule is Cc1ccc2c(c1C)NC(=O)C[C@H]2c1ccccc1C(F)(F)F. The number of benzene rings is 2. The highest BCUT2D eigenvalue weighted by Gasteiger charge is 2.37. The summed E-state index contributed by atoms with van der Waals surface area (Å²) in [7, 11) is 0. The van der Waals surface area contributed by atoms with E-state index in [0.717, 1.165) is 22.8 Å². The van der Waals surface area contributed by atoms with Crippen molar-refractivity contribution in [2.45, 2.75) is 32.4 Å². The molecular weight excluding hydrogens is 303 g/mol. The van der Waals surface area contributed by atoms with Crippen molar-refractivity contribution >= 4 is 11.6 Å². The van der Waals surface area contributed by atoms with Crippen LogP contribution in [-0.2, 0) is 11.0 Å². The zero-order valence-electron chi connectivity index (χ0n) is 12.8. The van der Waals surface area contributed by atoms with E-state index in [1.54, 1.807) is 6.07 Å². The molecule has 2 aromatic carbocycles. The second kappa shape index (κ2) is 5.41. The molecule has 2 nitrogen and oxygen atoms in total. The van der Waals surface area contributed by atoms with Crippen LogP contribution >= 0.6 is 0 Å². The molecule has 1 atom stereocenters. The van der Waals surface area contributed by atoms with Gasteiger partial charge in [0, 0.05) is 18.0 Å². The summed E-state index contributed by atoms with van der Waals surface area (Å²) in [6, 6.07) is 9.19. The zero-order chi connectivity index (χ0) is 16.8. The summed E-state index contributed by atoms with van der Waals surface area (Å²) in [5.41, 5.74) is 2.75. The molecule has 2 aromatic rings. The number of fused-ring (bicyclic) bond motifs is 1. The molecule has 0 saturated heterocycles. The van der Waals surface area contributed by atoms with Gasteiger partial charge in [-0.3, -0.25) is 4.79 Å². The van der Waals surface area contributed by atoms with Crippen molar-refractivity contribution in [3.8, 4) is 0 Å².